The van der Waals surface area contributed by atoms with E-state index in [9.17, 15) is 18.4 Å². The number of amides is 2. The molecule has 44 heavy (non-hydrogen) atoms. The highest BCUT2D eigenvalue weighted by atomic mass is 19.1. The fourth-order valence-corrected chi connectivity index (χ4v) is 5.61. The number of carbonyl (C=O) groups is 2. The third-order valence-electron chi connectivity index (χ3n) is 7.86. The van der Waals surface area contributed by atoms with Gasteiger partial charge >= 0.3 is 6.09 Å². The zero-order valence-electron chi connectivity index (χ0n) is 26.0. The molecule has 0 radical (unpaired) electrons. The van der Waals surface area contributed by atoms with E-state index in [0.29, 0.717) is 67.4 Å². The van der Waals surface area contributed by atoms with Gasteiger partial charge in [0.05, 0.1) is 36.5 Å². The minimum Gasteiger partial charge on any atom is -0.444 e. The average Bonchev–Trinajstić information content (AvgIpc) is 3.47. The van der Waals surface area contributed by atoms with Crippen LogP contribution >= 0.6 is 0 Å². The van der Waals surface area contributed by atoms with Crippen LogP contribution in [0.4, 0.5) is 25.1 Å². The molecule has 2 aliphatic rings. The van der Waals surface area contributed by atoms with Crippen LogP contribution in [0.2, 0.25) is 0 Å². The normalized spacial score (nSPS) is 17.2. The third kappa shape index (κ3) is 7.18. The molecule has 2 saturated heterocycles. The Labute approximate surface area is 256 Å². The number of fused-ring (bicyclic) bond motifs is 1. The van der Waals surface area contributed by atoms with Gasteiger partial charge in [0.2, 0.25) is 0 Å². The minimum atomic E-state index is -0.646. The van der Waals surface area contributed by atoms with Crippen molar-refractivity contribution < 1.29 is 27.8 Å². The molecule has 2 aromatic carbocycles. The maximum Gasteiger partial charge on any atom is 0.410 e. The van der Waals surface area contributed by atoms with Crippen molar-refractivity contribution >= 4 is 34.5 Å². The highest BCUT2D eigenvalue weighted by molar-refractivity contribution is 5.98. The van der Waals surface area contributed by atoms with Gasteiger partial charge in [-0.2, -0.15) is 0 Å². The molecule has 1 unspecified atom stereocenters. The minimum absolute atomic E-state index is 0.244. The Morgan fingerprint density at radius 1 is 1.00 bits per heavy atom. The molecule has 5 rings (SSSR count). The fourth-order valence-electron chi connectivity index (χ4n) is 5.61. The zero-order chi connectivity index (χ0) is 31.6. The lowest BCUT2D eigenvalue weighted by molar-refractivity contribution is 0.0283. The quantitative estimate of drug-likeness (QED) is 0.368. The van der Waals surface area contributed by atoms with Crippen molar-refractivity contribution in [3.05, 3.63) is 59.3 Å². The first kappa shape index (κ1) is 31.4. The summed E-state index contributed by atoms with van der Waals surface area (Å²) < 4.78 is 39.4. The Bertz CT molecular complexity index is 1500. The van der Waals surface area contributed by atoms with Crippen molar-refractivity contribution in [3.8, 4) is 0 Å². The number of hydrogen-bond acceptors (Lipinski definition) is 8. The van der Waals surface area contributed by atoms with E-state index in [1.807, 2.05) is 11.0 Å². The summed E-state index contributed by atoms with van der Waals surface area (Å²) in [6, 6.07) is 6.81. The summed E-state index contributed by atoms with van der Waals surface area (Å²) in [7, 11) is 3.31. The maximum absolute atomic E-state index is 14.3. The number of morpholine rings is 1. The van der Waals surface area contributed by atoms with Crippen LogP contribution in [0, 0.1) is 11.6 Å². The Morgan fingerprint density at radius 2 is 1.68 bits per heavy atom. The van der Waals surface area contributed by atoms with Gasteiger partial charge in [-0.1, -0.05) is 0 Å². The van der Waals surface area contributed by atoms with Gasteiger partial charge in [0, 0.05) is 69.7 Å². The zero-order valence-corrected chi connectivity index (χ0v) is 26.0. The monoisotopic (exact) mass is 610 g/mol. The second kappa shape index (κ2) is 12.9. The summed E-state index contributed by atoms with van der Waals surface area (Å²) in [4.78, 5) is 42.9. The Kier molecular flexibility index (Phi) is 9.19. The van der Waals surface area contributed by atoms with Gasteiger partial charge in [-0.3, -0.25) is 9.78 Å². The van der Waals surface area contributed by atoms with Crippen LogP contribution in [0.15, 0.2) is 36.5 Å². The summed E-state index contributed by atoms with van der Waals surface area (Å²) in [5, 5.41) is 0. The third-order valence-corrected chi connectivity index (χ3v) is 7.86. The van der Waals surface area contributed by atoms with Crippen molar-refractivity contribution in [2.24, 2.45) is 0 Å². The summed E-state index contributed by atoms with van der Waals surface area (Å²) in [5.74, 6) is -0.825. The van der Waals surface area contributed by atoms with Crippen LogP contribution in [0.25, 0.3) is 11.0 Å². The summed E-state index contributed by atoms with van der Waals surface area (Å²) in [5.41, 5.74) is 2.21. The Balaban J connectivity index is 1.48. The first-order chi connectivity index (χ1) is 20.9. The molecule has 236 valence electrons. The number of rotatable bonds is 7. The lowest BCUT2D eigenvalue weighted by atomic mass is 9.98. The summed E-state index contributed by atoms with van der Waals surface area (Å²) in [6.45, 7) is 9.12. The molecule has 1 aromatic heterocycles. The van der Waals surface area contributed by atoms with Crippen LogP contribution in [-0.2, 0) is 9.47 Å². The molecule has 0 aliphatic carbocycles. The van der Waals surface area contributed by atoms with Gasteiger partial charge in [-0.05, 0) is 57.9 Å². The lowest BCUT2D eigenvalue weighted by Gasteiger charge is -2.30. The van der Waals surface area contributed by atoms with E-state index in [4.69, 9.17) is 19.4 Å². The average molecular weight is 611 g/mol. The van der Waals surface area contributed by atoms with E-state index in [-0.39, 0.29) is 25.0 Å². The topological polar surface area (TPSA) is 91.3 Å². The van der Waals surface area contributed by atoms with Crippen molar-refractivity contribution in [3.63, 3.8) is 0 Å². The molecular weight excluding hydrogens is 570 g/mol. The van der Waals surface area contributed by atoms with E-state index in [0.717, 1.165) is 18.1 Å². The second-order valence-electron chi connectivity index (χ2n) is 12.4. The Hall–Kier alpha value is -4.06. The SMILES string of the molecule is CN(CCN(C)C(=O)c1cc(C2CCCN2c2cc(F)cc(F)c2)c2nc(N3CCOCC3)cnc2c1)C(=O)OC(C)(C)C. The Morgan fingerprint density at radius 3 is 2.36 bits per heavy atom. The van der Waals surface area contributed by atoms with Gasteiger partial charge in [0.1, 0.15) is 23.1 Å². The molecule has 3 aromatic rings. The molecule has 2 aliphatic heterocycles. The van der Waals surface area contributed by atoms with Crippen LogP contribution in [0.1, 0.15) is 55.6 Å². The smallest absolute Gasteiger partial charge is 0.410 e. The molecule has 2 fully saturated rings. The molecule has 2 amide bonds. The number of nitrogens with zero attached hydrogens (tertiary/aromatic N) is 6. The molecule has 10 nitrogen and oxygen atoms in total. The maximum atomic E-state index is 14.3. The largest absolute Gasteiger partial charge is 0.444 e. The number of benzene rings is 2. The first-order valence-electron chi connectivity index (χ1n) is 15.0. The molecule has 0 spiro atoms. The number of aromatic nitrogens is 2. The van der Waals surface area contributed by atoms with Crippen LogP contribution in [0.3, 0.4) is 0 Å². The van der Waals surface area contributed by atoms with Crippen molar-refractivity contribution in [1.29, 1.82) is 0 Å². The van der Waals surface area contributed by atoms with Gasteiger partial charge in [-0.15, -0.1) is 0 Å². The molecule has 3 heterocycles. The summed E-state index contributed by atoms with van der Waals surface area (Å²) in [6.07, 6.45) is 2.76. The predicted molar refractivity (Wildman–Crippen MR) is 164 cm³/mol. The van der Waals surface area contributed by atoms with Gasteiger partial charge < -0.3 is 29.1 Å². The van der Waals surface area contributed by atoms with Gasteiger partial charge in [0.15, 0.2) is 0 Å². The number of halogens is 2. The predicted octanol–water partition coefficient (Wildman–Crippen LogP) is 5.03. The van der Waals surface area contributed by atoms with Crippen molar-refractivity contribution in [1.82, 2.24) is 19.8 Å². The van der Waals surface area contributed by atoms with E-state index in [1.54, 1.807) is 52.0 Å². The number of anilines is 2. The van der Waals surface area contributed by atoms with E-state index in [2.05, 4.69) is 4.90 Å². The van der Waals surface area contributed by atoms with E-state index < -0.39 is 23.3 Å². The standard InChI is InChI=1S/C32H40F2N6O4/c1-32(2,3)44-31(42)38(5)10-9-37(4)30(41)21-15-25(27-7-6-8-40(27)24-18-22(33)17-23(34)19-24)29-26(16-21)35-20-28(36-29)39-11-13-43-14-12-39/h15-20,27H,6-14H2,1-5H3. The molecule has 1 atom stereocenters. The molecule has 0 N–H and O–H groups in total. The highest BCUT2D eigenvalue weighted by Crippen LogP contribution is 2.40. The number of ether oxygens (including phenoxy) is 2. The van der Waals surface area contributed by atoms with Crippen LogP contribution in [-0.4, -0.2) is 97.4 Å². The van der Waals surface area contributed by atoms with Crippen molar-refractivity contribution in [2.45, 2.75) is 45.3 Å². The fraction of sp³-hybridized carbons (Fsp3) is 0.500. The number of likely N-dealkylation sites (N-methyl/N-ethyl adjacent to an activating group) is 2. The van der Waals surface area contributed by atoms with Gasteiger partial charge in [-0.25, -0.2) is 18.6 Å². The van der Waals surface area contributed by atoms with Crippen LogP contribution < -0.4 is 9.80 Å². The lowest BCUT2D eigenvalue weighted by Crippen LogP contribution is -2.40. The second-order valence-corrected chi connectivity index (χ2v) is 12.4. The summed E-state index contributed by atoms with van der Waals surface area (Å²) >= 11 is 0. The van der Waals surface area contributed by atoms with E-state index in [1.165, 1.54) is 17.0 Å². The van der Waals surface area contributed by atoms with Crippen LogP contribution in [0.5, 0.6) is 0 Å². The van der Waals surface area contributed by atoms with Crippen molar-refractivity contribution in [2.75, 3.05) is 69.8 Å². The molecule has 0 saturated carbocycles. The first-order valence-corrected chi connectivity index (χ1v) is 15.0. The highest BCUT2D eigenvalue weighted by Gasteiger charge is 2.31. The molecular formula is C32H40F2N6O4. The molecule has 0 bridgehead atoms. The number of carbonyl (C=O) groups excluding carboxylic acids is 2. The molecule has 12 heteroatoms. The van der Waals surface area contributed by atoms with E-state index >= 15 is 0 Å². The van der Waals surface area contributed by atoms with Gasteiger partial charge in [0.25, 0.3) is 5.91 Å². The number of hydrogen-bond donors (Lipinski definition) is 0.